The third-order valence-electron chi connectivity index (χ3n) is 5.17. The van der Waals surface area contributed by atoms with E-state index < -0.39 is 0 Å². The van der Waals surface area contributed by atoms with Crippen LogP contribution in [0, 0.1) is 0 Å². The maximum Gasteiger partial charge on any atom is 0.255 e. The summed E-state index contributed by atoms with van der Waals surface area (Å²) in [6.45, 7) is 2.61. The van der Waals surface area contributed by atoms with E-state index in [-0.39, 0.29) is 11.9 Å². The summed E-state index contributed by atoms with van der Waals surface area (Å²) in [5.74, 6) is 0.635. The van der Waals surface area contributed by atoms with Gasteiger partial charge in [0.2, 0.25) is 5.95 Å². The van der Waals surface area contributed by atoms with E-state index in [0.717, 1.165) is 5.56 Å². The molecule has 160 valence electrons. The van der Waals surface area contributed by atoms with Crippen LogP contribution in [-0.4, -0.2) is 52.1 Å². The fraction of sp³-hybridized carbons (Fsp3) is 0.174. The highest BCUT2D eigenvalue weighted by molar-refractivity contribution is 6.04. The average molecular weight is 427 g/mol. The number of aromatic nitrogens is 4. The molecule has 9 nitrogen and oxygen atoms in total. The lowest BCUT2D eigenvalue weighted by atomic mass is 10.1. The van der Waals surface area contributed by atoms with Crippen LogP contribution in [-0.2, 0) is 4.74 Å². The number of rotatable bonds is 4. The molecule has 1 amide bonds. The van der Waals surface area contributed by atoms with Gasteiger partial charge in [0.05, 0.1) is 25.1 Å². The number of anilines is 3. The molecule has 32 heavy (non-hydrogen) atoms. The van der Waals surface area contributed by atoms with Gasteiger partial charge in [-0.3, -0.25) is 4.79 Å². The number of hydrogen-bond donors (Lipinski definition) is 2. The molecule has 1 aliphatic heterocycles. The summed E-state index contributed by atoms with van der Waals surface area (Å²) in [5.41, 5.74) is 9.65. The van der Waals surface area contributed by atoms with Crippen molar-refractivity contribution in [2.75, 3.05) is 42.3 Å². The van der Waals surface area contributed by atoms with Crippen LogP contribution in [0.1, 0.15) is 10.4 Å². The largest absolute Gasteiger partial charge is 0.378 e. The molecule has 0 spiro atoms. The molecular weight excluding hydrogens is 406 g/mol. The number of carbonyl (C=O) groups is 1. The Bertz CT molecular complexity index is 1270. The smallest absolute Gasteiger partial charge is 0.255 e. The van der Waals surface area contributed by atoms with E-state index in [1.165, 1.54) is 0 Å². The van der Waals surface area contributed by atoms with Crippen molar-refractivity contribution in [1.82, 2.24) is 19.9 Å². The molecule has 0 aliphatic carbocycles. The predicted octanol–water partition coefficient (Wildman–Crippen LogP) is 2.76. The molecule has 2 aromatic heterocycles. The van der Waals surface area contributed by atoms with Crippen molar-refractivity contribution < 1.29 is 9.53 Å². The van der Waals surface area contributed by atoms with Crippen LogP contribution in [0.4, 0.5) is 17.5 Å². The van der Waals surface area contributed by atoms with Crippen LogP contribution >= 0.6 is 0 Å². The molecule has 1 aliphatic rings. The van der Waals surface area contributed by atoms with Crippen LogP contribution in [0.25, 0.3) is 22.4 Å². The number of benzene rings is 2. The Labute approximate surface area is 184 Å². The quantitative estimate of drug-likeness (QED) is 0.510. The van der Waals surface area contributed by atoms with Gasteiger partial charge in [-0.25, -0.2) is 9.97 Å². The van der Waals surface area contributed by atoms with Gasteiger partial charge in [-0.2, -0.15) is 9.97 Å². The lowest BCUT2D eigenvalue weighted by molar-refractivity contribution is 0.102. The highest BCUT2D eigenvalue weighted by Crippen LogP contribution is 2.27. The van der Waals surface area contributed by atoms with Crippen LogP contribution in [0.2, 0.25) is 0 Å². The molecule has 0 bridgehead atoms. The standard InChI is InChI=1S/C23H21N7O2/c24-23-28-20-19(21(29-23)30-9-11-32-12-10-30)27-18(14-25-20)16-7-4-8-17(13-16)26-22(31)15-5-2-1-3-6-15/h1-8,13-14H,9-12H2,(H,26,31)(H2,24,25,28,29). The molecule has 0 saturated carbocycles. The van der Waals surface area contributed by atoms with Crippen molar-refractivity contribution in [2.45, 2.75) is 0 Å². The van der Waals surface area contributed by atoms with Crippen LogP contribution in [0.15, 0.2) is 60.8 Å². The average Bonchev–Trinajstić information content (AvgIpc) is 2.84. The van der Waals surface area contributed by atoms with Gasteiger partial charge in [0.1, 0.15) is 0 Å². The van der Waals surface area contributed by atoms with Crippen molar-refractivity contribution >= 4 is 34.5 Å². The highest BCUT2D eigenvalue weighted by atomic mass is 16.5. The highest BCUT2D eigenvalue weighted by Gasteiger charge is 2.19. The Morgan fingerprint density at radius 1 is 1.00 bits per heavy atom. The Morgan fingerprint density at radius 3 is 2.62 bits per heavy atom. The maximum atomic E-state index is 12.5. The van der Waals surface area contributed by atoms with E-state index >= 15 is 0 Å². The van der Waals surface area contributed by atoms with Crippen molar-refractivity contribution in [3.05, 3.63) is 66.4 Å². The molecular formula is C23H21N7O2. The van der Waals surface area contributed by atoms with Gasteiger partial charge in [0, 0.05) is 29.9 Å². The second-order valence-electron chi connectivity index (χ2n) is 7.33. The van der Waals surface area contributed by atoms with E-state index in [2.05, 4.69) is 25.2 Å². The Balaban J connectivity index is 1.49. The normalized spacial score (nSPS) is 13.8. The Hall–Kier alpha value is -4.11. The minimum absolute atomic E-state index is 0.159. The molecule has 5 rings (SSSR count). The number of nitrogens with zero attached hydrogens (tertiary/aromatic N) is 5. The van der Waals surface area contributed by atoms with Crippen molar-refractivity contribution in [3.63, 3.8) is 0 Å². The van der Waals surface area contributed by atoms with E-state index in [1.54, 1.807) is 18.3 Å². The summed E-state index contributed by atoms with van der Waals surface area (Å²) in [5, 5.41) is 2.93. The Morgan fingerprint density at radius 2 is 1.81 bits per heavy atom. The van der Waals surface area contributed by atoms with E-state index in [1.807, 2.05) is 42.5 Å². The second kappa shape index (κ2) is 8.56. The first-order valence-corrected chi connectivity index (χ1v) is 10.3. The van der Waals surface area contributed by atoms with Gasteiger partial charge < -0.3 is 20.7 Å². The van der Waals surface area contributed by atoms with Gasteiger partial charge in [0.15, 0.2) is 17.0 Å². The van der Waals surface area contributed by atoms with Gasteiger partial charge in [0.25, 0.3) is 5.91 Å². The molecule has 0 radical (unpaired) electrons. The van der Waals surface area contributed by atoms with Crippen LogP contribution < -0.4 is 16.0 Å². The summed E-state index contributed by atoms with van der Waals surface area (Å²) in [6, 6.07) is 16.6. The molecule has 3 heterocycles. The van der Waals surface area contributed by atoms with E-state index in [0.29, 0.717) is 60.2 Å². The monoisotopic (exact) mass is 427 g/mol. The summed E-state index contributed by atoms with van der Waals surface area (Å²) in [6.07, 6.45) is 1.65. The number of amides is 1. The van der Waals surface area contributed by atoms with Gasteiger partial charge >= 0.3 is 0 Å². The van der Waals surface area contributed by atoms with E-state index in [4.69, 9.17) is 15.5 Å². The third kappa shape index (κ3) is 4.06. The summed E-state index contributed by atoms with van der Waals surface area (Å²) < 4.78 is 5.45. The number of fused-ring (bicyclic) bond motifs is 1. The second-order valence-corrected chi connectivity index (χ2v) is 7.33. The molecule has 1 saturated heterocycles. The predicted molar refractivity (Wildman–Crippen MR) is 122 cm³/mol. The third-order valence-corrected chi connectivity index (χ3v) is 5.17. The Kier molecular flexibility index (Phi) is 5.30. The lowest BCUT2D eigenvalue weighted by Crippen LogP contribution is -2.37. The summed E-state index contributed by atoms with van der Waals surface area (Å²) in [7, 11) is 0. The molecule has 2 aromatic carbocycles. The summed E-state index contributed by atoms with van der Waals surface area (Å²) >= 11 is 0. The number of nitrogens with one attached hydrogen (secondary N) is 1. The first kappa shape index (κ1) is 19.8. The molecule has 4 aromatic rings. The zero-order chi connectivity index (χ0) is 21.9. The lowest BCUT2D eigenvalue weighted by Gasteiger charge is -2.28. The van der Waals surface area contributed by atoms with Crippen LogP contribution in [0.5, 0.6) is 0 Å². The van der Waals surface area contributed by atoms with Gasteiger partial charge in [-0.05, 0) is 24.3 Å². The first-order chi connectivity index (χ1) is 15.7. The van der Waals surface area contributed by atoms with Gasteiger partial charge in [-0.15, -0.1) is 0 Å². The van der Waals surface area contributed by atoms with Crippen molar-refractivity contribution in [3.8, 4) is 11.3 Å². The topological polar surface area (TPSA) is 119 Å². The number of nitrogens with two attached hydrogens (primary N) is 1. The number of carbonyl (C=O) groups excluding carboxylic acids is 1. The zero-order valence-electron chi connectivity index (χ0n) is 17.2. The number of nitrogen functional groups attached to an aromatic ring is 1. The zero-order valence-corrected chi connectivity index (χ0v) is 17.2. The van der Waals surface area contributed by atoms with E-state index in [9.17, 15) is 4.79 Å². The fourth-order valence-electron chi connectivity index (χ4n) is 3.59. The molecule has 0 atom stereocenters. The van der Waals surface area contributed by atoms with Gasteiger partial charge in [-0.1, -0.05) is 30.3 Å². The van der Waals surface area contributed by atoms with Crippen molar-refractivity contribution in [2.24, 2.45) is 0 Å². The SMILES string of the molecule is Nc1nc(N2CCOCC2)c2nc(-c3cccc(NC(=O)c4ccccc4)c3)cnc2n1. The number of hydrogen-bond acceptors (Lipinski definition) is 8. The minimum Gasteiger partial charge on any atom is -0.378 e. The van der Waals surface area contributed by atoms with Crippen molar-refractivity contribution in [1.29, 1.82) is 0 Å². The molecule has 9 heteroatoms. The molecule has 0 unspecified atom stereocenters. The summed E-state index contributed by atoms with van der Waals surface area (Å²) in [4.78, 5) is 32.5. The first-order valence-electron chi connectivity index (χ1n) is 10.3. The minimum atomic E-state index is -0.175. The number of ether oxygens (including phenoxy) is 1. The number of morpholine rings is 1. The molecule has 3 N–H and O–H groups in total. The van der Waals surface area contributed by atoms with Crippen LogP contribution in [0.3, 0.4) is 0 Å². The maximum absolute atomic E-state index is 12.5. The fourth-order valence-corrected chi connectivity index (χ4v) is 3.59. The molecule has 1 fully saturated rings.